The van der Waals surface area contributed by atoms with Crippen molar-refractivity contribution in [3.05, 3.63) is 32.8 Å². The predicted octanol–water partition coefficient (Wildman–Crippen LogP) is 4.65. The molecule has 0 saturated heterocycles. The van der Waals surface area contributed by atoms with E-state index in [0.717, 1.165) is 19.8 Å². The van der Waals surface area contributed by atoms with E-state index in [1.54, 1.807) is 6.20 Å². The van der Waals surface area contributed by atoms with Crippen LogP contribution in [0.25, 0.3) is 10.9 Å². The lowest BCUT2D eigenvalue weighted by Gasteiger charge is -2.19. The summed E-state index contributed by atoms with van der Waals surface area (Å²) in [5, 5.41) is 0.847. The van der Waals surface area contributed by atoms with Gasteiger partial charge in [0.25, 0.3) is 0 Å². The van der Waals surface area contributed by atoms with Crippen molar-refractivity contribution < 1.29 is 9.53 Å². The molecule has 0 aliphatic rings. The third kappa shape index (κ3) is 2.78. The number of rotatable bonds is 1. The van der Waals surface area contributed by atoms with Crippen LogP contribution in [0.1, 0.15) is 31.1 Å². The highest BCUT2D eigenvalue weighted by Gasteiger charge is 2.20. The van der Waals surface area contributed by atoms with Gasteiger partial charge < -0.3 is 9.72 Å². The quantitative estimate of drug-likeness (QED) is 0.738. The molecular formula is C13H13Br2NO2. The molecule has 0 radical (unpaired) electrons. The topological polar surface area (TPSA) is 42.1 Å². The normalized spacial score (nSPS) is 11.8. The molecule has 0 saturated carbocycles. The number of carbonyl (C=O) groups is 1. The van der Waals surface area contributed by atoms with Crippen LogP contribution in [0.2, 0.25) is 0 Å². The molecule has 2 rings (SSSR count). The van der Waals surface area contributed by atoms with E-state index >= 15 is 0 Å². The third-order valence-corrected chi connectivity index (χ3v) is 4.19. The number of fused-ring (bicyclic) bond motifs is 1. The summed E-state index contributed by atoms with van der Waals surface area (Å²) in [7, 11) is 0. The molecule has 0 spiro atoms. The minimum Gasteiger partial charge on any atom is -0.456 e. The summed E-state index contributed by atoms with van der Waals surface area (Å²) in [4.78, 5) is 15.1. The van der Waals surface area contributed by atoms with Crippen LogP contribution in [-0.4, -0.2) is 16.6 Å². The Kier molecular flexibility index (Phi) is 3.56. The lowest BCUT2D eigenvalue weighted by molar-refractivity contribution is 0.00719. The zero-order valence-electron chi connectivity index (χ0n) is 10.3. The number of benzene rings is 1. The molecule has 2 aromatic rings. The monoisotopic (exact) mass is 373 g/mol. The van der Waals surface area contributed by atoms with Gasteiger partial charge in [0.2, 0.25) is 0 Å². The summed E-state index contributed by atoms with van der Waals surface area (Å²) < 4.78 is 7.21. The number of ether oxygens (including phenoxy) is 1. The van der Waals surface area contributed by atoms with Crippen molar-refractivity contribution in [2.24, 2.45) is 0 Å². The van der Waals surface area contributed by atoms with Crippen molar-refractivity contribution in [1.82, 2.24) is 4.98 Å². The minimum absolute atomic E-state index is 0.317. The van der Waals surface area contributed by atoms with Crippen molar-refractivity contribution in [3.63, 3.8) is 0 Å². The fourth-order valence-electron chi connectivity index (χ4n) is 1.62. The Hall–Kier alpha value is -0.810. The van der Waals surface area contributed by atoms with Crippen LogP contribution in [0, 0.1) is 0 Å². The van der Waals surface area contributed by atoms with E-state index in [0.29, 0.717) is 5.56 Å². The Bertz CT molecular complexity index is 611. The second-order valence-electron chi connectivity index (χ2n) is 5.02. The average Bonchev–Trinajstić information content (AvgIpc) is 2.59. The standard InChI is InChI=1S/C13H13Br2NO2/c1-13(2,3)18-12(17)8-6-16-11-5-10(15)9(14)4-7(8)11/h4-6,16H,1-3H3. The Balaban J connectivity index is 2.46. The predicted molar refractivity (Wildman–Crippen MR) is 78.9 cm³/mol. The zero-order valence-corrected chi connectivity index (χ0v) is 13.5. The van der Waals surface area contributed by atoms with E-state index in [-0.39, 0.29) is 5.97 Å². The molecule has 0 bridgehead atoms. The molecule has 0 aliphatic carbocycles. The first-order valence-corrected chi connectivity index (χ1v) is 7.06. The first kappa shape index (κ1) is 13.6. The molecular weight excluding hydrogens is 362 g/mol. The lowest BCUT2D eigenvalue weighted by Crippen LogP contribution is -2.23. The second-order valence-corrected chi connectivity index (χ2v) is 6.72. The zero-order chi connectivity index (χ0) is 13.5. The molecule has 96 valence electrons. The molecule has 18 heavy (non-hydrogen) atoms. The molecule has 1 aromatic carbocycles. The highest BCUT2D eigenvalue weighted by Crippen LogP contribution is 2.30. The number of hydrogen-bond acceptors (Lipinski definition) is 2. The van der Waals surface area contributed by atoms with E-state index in [1.165, 1.54) is 0 Å². The third-order valence-electron chi connectivity index (χ3n) is 2.34. The van der Waals surface area contributed by atoms with Crippen molar-refractivity contribution in [3.8, 4) is 0 Å². The van der Waals surface area contributed by atoms with Crippen LogP contribution in [0.15, 0.2) is 27.3 Å². The number of nitrogens with one attached hydrogen (secondary N) is 1. The van der Waals surface area contributed by atoms with Crippen LogP contribution >= 0.6 is 31.9 Å². The fraction of sp³-hybridized carbons (Fsp3) is 0.308. The van der Waals surface area contributed by atoms with Gasteiger partial charge in [0, 0.05) is 26.0 Å². The van der Waals surface area contributed by atoms with Gasteiger partial charge in [-0.2, -0.15) is 0 Å². The molecule has 3 nitrogen and oxygen atoms in total. The van der Waals surface area contributed by atoms with Crippen molar-refractivity contribution >= 4 is 48.7 Å². The molecule has 1 aromatic heterocycles. The maximum Gasteiger partial charge on any atom is 0.340 e. The molecule has 0 unspecified atom stereocenters. The number of esters is 1. The molecule has 1 heterocycles. The number of aromatic nitrogens is 1. The summed E-state index contributed by atoms with van der Waals surface area (Å²) in [6.07, 6.45) is 1.68. The number of hydrogen-bond donors (Lipinski definition) is 1. The van der Waals surface area contributed by atoms with Gasteiger partial charge in [0.1, 0.15) is 5.60 Å². The maximum absolute atomic E-state index is 12.1. The van der Waals surface area contributed by atoms with Gasteiger partial charge >= 0.3 is 5.97 Å². The Morgan fingerprint density at radius 1 is 1.22 bits per heavy atom. The van der Waals surface area contributed by atoms with Crippen LogP contribution in [0.4, 0.5) is 0 Å². The molecule has 0 fully saturated rings. The minimum atomic E-state index is -0.493. The lowest BCUT2D eigenvalue weighted by atomic mass is 10.1. The van der Waals surface area contributed by atoms with Crippen LogP contribution < -0.4 is 0 Å². The first-order chi connectivity index (χ1) is 8.28. The van der Waals surface area contributed by atoms with Gasteiger partial charge in [-0.05, 0) is 64.8 Å². The van der Waals surface area contributed by atoms with Crippen LogP contribution in [0.3, 0.4) is 0 Å². The van der Waals surface area contributed by atoms with Gasteiger partial charge in [0.05, 0.1) is 5.56 Å². The van der Waals surface area contributed by atoms with E-state index in [1.807, 2.05) is 32.9 Å². The van der Waals surface area contributed by atoms with Crippen molar-refractivity contribution in [2.45, 2.75) is 26.4 Å². The summed E-state index contributed by atoms with van der Waals surface area (Å²) in [5.74, 6) is -0.317. The first-order valence-electron chi connectivity index (χ1n) is 5.47. The highest BCUT2D eigenvalue weighted by molar-refractivity contribution is 9.13. The molecule has 1 N–H and O–H groups in total. The van der Waals surface area contributed by atoms with Gasteiger partial charge in [-0.15, -0.1) is 0 Å². The molecule has 0 aliphatic heterocycles. The van der Waals surface area contributed by atoms with Crippen molar-refractivity contribution in [2.75, 3.05) is 0 Å². The van der Waals surface area contributed by atoms with E-state index < -0.39 is 5.60 Å². The summed E-state index contributed by atoms with van der Waals surface area (Å²) in [5.41, 5.74) is 0.951. The number of aromatic amines is 1. The largest absolute Gasteiger partial charge is 0.456 e. The molecule has 0 amide bonds. The second kappa shape index (κ2) is 4.70. The van der Waals surface area contributed by atoms with Crippen molar-refractivity contribution in [1.29, 1.82) is 0 Å². The molecule has 0 atom stereocenters. The number of carbonyl (C=O) groups excluding carboxylic acids is 1. The Morgan fingerprint density at radius 2 is 1.83 bits per heavy atom. The van der Waals surface area contributed by atoms with Gasteiger partial charge in [-0.3, -0.25) is 0 Å². The number of halogens is 2. The summed E-state index contributed by atoms with van der Waals surface area (Å²) in [6.45, 7) is 5.56. The number of H-pyrrole nitrogens is 1. The van der Waals surface area contributed by atoms with E-state index in [9.17, 15) is 4.79 Å². The van der Waals surface area contributed by atoms with Gasteiger partial charge in [0.15, 0.2) is 0 Å². The Morgan fingerprint density at radius 3 is 2.44 bits per heavy atom. The summed E-state index contributed by atoms with van der Waals surface area (Å²) in [6, 6.07) is 3.82. The van der Waals surface area contributed by atoms with Crippen LogP contribution in [-0.2, 0) is 4.74 Å². The van der Waals surface area contributed by atoms with Crippen LogP contribution in [0.5, 0.6) is 0 Å². The fourth-order valence-corrected chi connectivity index (χ4v) is 2.31. The SMILES string of the molecule is CC(C)(C)OC(=O)c1c[nH]c2cc(Br)c(Br)cc12. The highest BCUT2D eigenvalue weighted by atomic mass is 79.9. The molecule has 5 heteroatoms. The Labute approximate surface area is 122 Å². The smallest absolute Gasteiger partial charge is 0.340 e. The van der Waals surface area contributed by atoms with Gasteiger partial charge in [-0.1, -0.05) is 0 Å². The van der Waals surface area contributed by atoms with E-state index in [4.69, 9.17) is 4.74 Å². The van der Waals surface area contributed by atoms with E-state index in [2.05, 4.69) is 36.8 Å². The van der Waals surface area contributed by atoms with Gasteiger partial charge in [-0.25, -0.2) is 4.79 Å². The maximum atomic E-state index is 12.1. The summed E-state index contributed by atoms with van der Waals surface area (Å²) >= 11 is 6.86. The average molecular weight is 375 g/mol.